The van der Waals surface area contributed by atoms with Gasteiger partial charge in [-0.3, -0.25) is 14.5 Å². The van der Waals surface area contributed by atoms with Gasteiger partial charge in [0.2, 0.25) is 5.88 Å². The molecule has 1 N–H and O–H groups in total. The average molecular weight is 559 g/mol. The summed E-state index contributed by atoms with van der Waals surface area (Å²) < 4.78 is 46.4. The number of hydrogen-bond donors (Lipinski definition) is 1. The van der Waals surface area contributed by atoms with Gasteiger partial charge < -0.3 is 19.5 Å². The highest BCUT2D eigenvalue weighted by molar-refractivity contribution is 6.30. The number of rotatable bonds is 8. The van der Waals surface area contributed by atoms with Crippen molar-refractivity contribution in [3.63, 3.8) is 0 Å². The Kier molecular flexibility index (Phi) is 7.89. The lowest BCUT2D eigenvalue weighted by Crippen LogP contribution is -2.44. The first-order chi connectivity index (χ1) is 18.8. The summed E-state index contributed by atoms with van der Waals surface area (Å²) in [6.45, 7) is 1.50. The lowest BCUT2D eigenvalue weighted by molar-refractivity contribution is -0.118. The summed E-state index contributed by atoms with van der Waals surface area (Å²) in [5.41, 5.74) is -0.117. The molecule has 3 heterocycles. The molecule has 3 atom stereocenters. The van der Waals surface area contributed by atoms with Crippen LogP contribution in [0.4, 0.5) is 14.6 Å². The number of nitrogens with one attached hydrogen (secondary N) is 1. The highest BCUT2D eigenvalue weighted by Gasteiger charge is 2.45. The number of hydrogen-bond acceptors (Lipinski definition) is 7. The summed E-state index contributed by atoms with van der Waals surface area (Å²) in [6.07, 6.45) is 2.12. The van der Waals surface area contributed by atoms with Gasteiger partial charge in [0.15, 0.2) is 0 Å². The zero-order valence-corrected chi connectivity index (χ0v) is 21.7. The predicted molar refractivity (Wildman–Crippen MR) is 137 cm³/mol. The van der Waals surface area contributed by atoms with Crippen molar-refractivity contribution < 1.29 is 32.6 Å². The SMILES string of the molecule is COc1cc(F)c([C@@H]2CN(c3cc(OCC4CCOC4)ncn3)C(=O)[C@H]2NC(=O)c2ccc(Cl)cc2)c(F)c1. The first-order valence-corrected chi connectivity index (χ1v) is 12.6. The largest absolute Gasteiger partial charge is 0.497 e. The third-order valence-corrected chi connectivity index (χ3v) is 7.01. The summed E-state index contributed by atoms with van der Waals surface area (Å²) >= 11 is 5.92. The van der Waals surface area contributed by atoms with Crippen LogP contribution in [0.15, 0.2) is 48.8 Å². The molecular formula is C27H25ClF2N4O5. The predicted octanol–water partition coefficient (Wildman–Crippen LogP) is 3.76. The lowest BCUT2D eigenvalue weighted by atomic mass is 9.92. The van der Waals surface area contributed by atoms with Crippen LogP contribution in [0.5, 0.6) is 11.6 Å². The van der Waals surface area contributed by atoms with E-state index in [2.05, 4.69) is 15.3 Å². The van der Waals surface area contributed by atoms with E-state index in [4.69, 9.17) is 25.8 Å². The van der Waals surface area contributed by atoms with Crippen LogP contribution < -0.4 is 19.7 Å². The van der Waals surface area contributed by atoms with Crippen LogP contribution in [0, 0.1) is 17.6 Å². The second-order valence-electron chi connectivity index (χ2n) is 9.27. The Morgan fingerprint density at radius 1 is 1.18 bits per heavy atom. The topological polar surface area (TPSA) is 103 Å². The van der Waals surface area contributed by atoms with Gasteiger partial charge in [0.05, 0.1) is 20.3 Å². The van der Waals surface area contributed by atoms with Gasteiger partial charge in [0.1, 0.15) is 35.6 Å². The molecular weight excluding hydrogens is 534 g/mol. The van der Waals surface area contributed by atoms with Crippen LogP contribution in [0.2, 0.25) is 5.02 Å². The molecule has 0 bridgehead atoms. The number of carbonyl (C=O) groups is 2. The second-order valence-corrected chi connectivity index (χ2v) is 9.71. The van der Waals surface area contributed by atoms with E-state index < -0.39 is 35.4 Å². The molecule has 2 aromatic carbocycles. The number of anilines is 1. The second kappa shape index (κ2) is 11.5. The van der Waals surface area contributed by atoms with Crippen LogP contribution in [-0.4, -0.2) is 61.3 Å². The smallest absolute Gasteiger partial charge is 0.251 e. The molecule has 39 heavy (non-hydrogen) atoms. The Hall–Kier alpha value is -3.83. The Morgan fingerprint density at radius 3 is 2.59 bits per heavy atom. The minimum atomic E-state index is -1.29. The van der Waals surface area contributed by atoms with Crippen molar-refractivity contribution in [3.05, 3.63) is 76.6 Å². The van der Waals surface area contributed by atoms with Crippen molar-refractivity contribution in [1.82, 2.24) is 15.3 Å². The van der Waals surface area contributed by atoms with Crippen molar-refractivity contribution in [2.75, 3.05) is 38.4 Å². The van der Waals surface area contributed by atoms with Crippen molar-refractivity contribution in [2.45, 2.75) is 18.4 Å². The standard InChI is InChI=1S/C27H25ClF2N4O5/c1-37-18-8-20(29)24(21(30)9-18)19-11-34(22-10-23(32-14-31-22)39-13-15-6-7-38-12-15)27(36)25(19)33-26(35)16-2-4-17(28)5-3-16/h2-5,8-10,14-15,19,25H,6-7,11-13H2,1H3,(H,33,35)/t15?,19-,25-/m0/s1. The quantitative estimate of drug-likeness (QED) is 0.449. The Balaban J connectivity index is 1.45. The van der Waals surface area contributed by atoms with E-state index in [0.29, 0.717) is 24.8 Å². The molecule has 2 fully saturated rings. The van der Waals surface area contributed by atoms with Crippen LogP contribution in [0.25, 0.3) is 0 Å². The van der Waals surface area contributed by atoms with E-state index >= 15 is 8.78 Å². The number of nitrogens with zero attached hydrogens (tertiary/aromatic N) is 3. The van der Waals surface area contributed by atoms with E-state index in [9.17, 15) is 9.59 Å². The zero-order chi connectivity index (χ0) is 27.5. The van der Waals surface area contributed by atoms with Crippen LogP contribution in [-0.2, 0) is 9.53 Å². The molecule has 0 spiro atoms. The number of carbonyl (C=O) groups excluding carboxylic acids is 2. The Bertz CT molecular complexity index is 1350. The fraction of sp³-hybridized carbons (Fsp3) is 0.333. The molecule has 2 aliphatic rings. The molecule has 1 aromatic heterocycles. The molecule has 5 rings (SSSR count). The zero-order valence-electron chi connectivity index (χ0n) is 20.9. The number of aromatic nitrogens is 2. The van der Waals surface area contributed by atoms with Gasteiger partial charge >= 0.3 is 0 Å². The molecule has 12 heteroatoms. The maximum absolute atomic E-state index is 15.2. The molecule has 0 saturated carbocycles. The third-order valence-electron chi connectivity index (χ3n) is 6.76. The fourth-order valence-electron chi connectivity index (χ4n) is 4.69. The van der Waals surface area contributed by atoms with Crippen molar-refractivity contribution in [2.24, 2.45) is 5.92 Å². The molecule has 3 aromatic rings. The van der Waals surface area contributed by atoms with Crippen LogP contribution in [0.1, 0.15) is 28.3 Å². The summed E-state index contributed by atoms with van der Waals surface area (Å²) in [5, 5.41) is 3.07. The highest BCUT2D eigenvalue weighted by Crippen LogP contribution is 2.36. The lowest BCUT2D eigenvalue weighted by Gasteiger charge is -2.20. The maximum atomic E-state index is 15.2. The third kappa shape index (κ3) is 5.79. The number of ether oxygens (including phenoxy) is 3. The Morgan fingerprint density at radius 2 is 1.92 bits per heavy atom. The van der Waals surface area contributed by atoms with Crippen molar-refractivity contribution >= 4 is 29.2 Å². The number of amides is 2. The fourth-order valence-corrected chi connectivity index (χ4v) is 4.82. The average Bonchev–Trinajstić information content (AvgIpc) is 3.56. The number of benzene rings is 2. The van der Waals surface area contributed by atoms with E-state index in [1.54, 1.807) is 0 Å². The summed E-state index contributed by atoms with van der Waals surface area (Å²) in [5.74, 6) is -3.43. The van der Waals surface area contributed by atoms with Crippen molar-refractivity contribution in [1.29, 1.82) is 0 Å². The minimum Gasteiger partial charge on any atom is -0.497 e. The van der Waals surface area contributed by atoms with Crippen LogP contribution >= 0.6 is 11.6 Å². The molecule has 204 valence electrons. The van der Waals surface area contributed by atoms with Gasteiger partial charge in [0, 0.05) is 59.3 Å². The minimum absolute atomic E-state index is 0.0121. The molecule has 0 aliphatic carbocycles. The molecule has 0 radical (unpaired) electrons. The maximum Gasteiger partial charge on any atom is 0.251 e. The first-order valence-electron chi connectivity index (χ1n) is 12.3. The van der Waals surface area contributed by atoms with Gasteiger partial charge in [0.25, 0.3) is 11.8 Å². The monoisotopic (exact) mass is 558 g/mol. The van der Waals surface area contributed by atoms with Gasteiger partial charge in [-0.1, -0.05) is 11.6 Å². The molecule has 2 saturated heterocycles. The van der Waals surface area contributed by atoms with Crippen LogP contribution in [0.3, 0.4) is 0 Å². The molecule has 1 unspecified atom stereocenters. The number of methoxy groups -OCH3 is 1. The van der Waals surface area contributed by atoms with E-state index in [1.807, 2.05) is 0 Å². The van der Waals surface area contributed by atoms with Gasteiger partial charge in [-0.15, -0.1) is 0 Å². The van der Waals surface area contributed by atoms with E-state index in [1.165, 1.54) is 48.7 Å². The molecule has 2 amide bonds. The van der Waals surface area contributed by atoms with E-state index in [0.717, 1.165) is 18.6 Å². The number of halogens is 3. The molecule has 9 nitrogen and oxygen atoms in total. The highest BCUT2D eigenvalue weighted by atomic mass is 35.5. The Labute approximate surface area is 228 Å². The normalized spacial score (nSPS) is 20.8. The van der Waals surface area contributed by atoms with Gasteiger partial charge in [-0.05, 0) is 30.7 Å². The summed E-state index contributed by atoms with van der Waals surface area (Å²) in [4.78, 5) is 36.2. The van der Waals surface area contributed by atoms with Gasteiger partial charge in [-0.25, -0.2) is 18.7 Å². The van der Waals surface area contributed by atoms with Gasteiger partial charge in [-0.2, -0.15) is 0 Å². The van der Waals surface area contributed by atoms with E-state index in [-0.39, 0.29) is 41.0 Å². The van der Waals surface area contributed by atoms with Crippen molar-refractivity contribution in [3.8, 4) is 11.6 Å². The first kappa shape index (κ1) is 26.8. The summed E-state index contributed by atoms with van der Waals surface area (Å²) in [7, 11) is 1.29. The molecule has 2 aliphatic heterocycles. The summed E-state index contributed by atoms with van der Waals surface area (Å²) in [6, 6.07) is 8.29.